The van der Waals surface area contributed by atoms with E-state index >= 15 is 0 Å². The Bertz CT molecular complexity index is 978. The van der Waals surface area contributed by atoms with Gasteiger partial charge in [0.1, 0.15) is 16.9 Å². The molecule has 7 nitrogen and oxygen atoms in total. The second-order valence-corrected chi connectivity index (χ2v) is 7.21. The van der Waals surface area contributed by atoms with Gasteiger partial charge in [-0.25, -0.2) is 4.39 Å². The monoisotopic (exact) mass is 399 g/mol. The summed E-state index contributed by atoms with van der Waals surface area (Å²) >= 11 is 1.42. The number of anilines is 2. The van der Waals surface area contributed by atoms with Crippen molar-refractivity contribution >= 4 is 29.0 Å². The van der Waals surface area contributed by atoms with Crippen LogP contribution in [0.1, 0.15) is 36.0 Å². The standard InChI is InChI=1S/C19H22FN7S/c1-5-10-27(21-4)14(3)18-23-24-19(28-18)22-16-9-11-26(25-16)12-15-8-6-7-13(2)17(15)20/h5-11,14H,4,12H2,1-3H3,(H,22,24,25)/b10-5-. The van der Waals surface area contributed by atoms with Crippen LogP contribution in [0.25, 0.3) is 0 Å². The largest absolute Gasteiger partial charge is 0.313 e. The van der Waals surface area contributed by atoms with Crippen molar-refractivity contribution in [3.8, 4) is 0 Å². The highest BCUT2D eigenvalue weighted by Crippen LogP contribution is 2.28. The van der Waals surface area contributed by atoms with Gasteiger partial charge in [0.05, 0.1) is 6.54 Å². The first-order chi connectivity index (χ1) is 13.5. The van der Waals surface area contributed by atoms with E-state index < -0.39 is 0 Å². The van der Waals surface area contributed by atoms with E-state index in [-0.39, 0.29) is 11.9 Å². The predicted molar refractivity (Wildman–Crippen MR) is 110 cm³/mol. The van der Waals surface area contributed by atoms with Crippen LogP contribution >= 0.6 is 11.3 Å². The van der Waals surface area contributed by atoms with Crippen LogP contribution in [0.3, 0.4) is 0 Å². The third-order valence-electron chi connectivity index (χ3n) is 4.14. The van der Waals surface area contributed by atoms with E-state index in [0.717, 1.165) is 5.01 Å². The number of benzene rings is 1. The molecule has 1 atom stereocenters. The first kappa shape index (κ1) is 19.7. The number of hydrogen-bond acceptors (Lipinski definition) is 7. The van der Waals surface area contributed by atoms with Crippen molar-refractivity contribution in [2.24, 2.45) is 5.10 Å². The van der Waals surface area contributed by atoms with E-state index in [1.54, 1.807) is 34.9 Å². The zero-order valence-electron chi connectivity index (χ0n) is 16.0. The van der Waals surface area contributed by atoms with Gasteiger partial charge in [0, 0.05) is 30.7 Å². The lowest BCUT2D eigenvalue weighted by Crippen LogP contribution is -2.14. The van der Waals surface area contributed by atoms with Crippen LogP contribution in [0.15, 0.2) is 47.8 Å². The van der Waals surface area contributed by atoms with Crippen molar-refractivity contribution in [3.05, 3.63) is 64.7 Å². The second kappa shape index (κ2) is 8.75. The smallest absolute Gasteiger partial charge is 0.211 e. The Morgan fingerprint density at radius 1 is 1.39 bits per heavy atom. The first-order valence-electron chi connectivity index (χ1n) is 8.77. The minimum Gasteiger partial charge on any atom is -0.313 e. The molecule has 1 aromatic carbocycles. The molecule has 0 aliphatic rings. The highest BCUT2D eigenvalue weighted by atomic mass is 32.1. The summed E-state index contributed by atoms with van der Waals surface area (Å²) in [6.45, 7) is 9.58. The molecule has 0 fully saturated rings. The molecule has 0 bridgehead atoms. The summed E-state index contributed by atoms with van der Waals surface area (Å²) in [6.07, 6.45) is 5.51. The summed E-state index contributed by atoms with van der Waals surface area (Å²) in [4.78, 5) is 0. The van der Waals surface area contributed by atoms with E-state index in [0.29, 0.717) is 28.6 Å². The van der Waals surface area contributed by atoms with Crippen molar-refractivity contribution in [1.82, 2.24) is 25.0 Å². The van der Waals surface area contributed by atoms with Crippen molar-refractivity contribution < 1.29 is 4.39 Å². The Morgan fingerprint density at radius 2 is 2.21 bits per heavy atom. The van der Waals surface area contributed by atoms with Gasteiger partial charge in [-0.3, -0.25) is 9.69 Å². The van der Waals surface area contributed by atoms with Crippen molar-refractivity contribution in [3.63, 3.8) is 0 Å². The van der Waals surface area contributed by atoms with Crippen molar-refractivity contribution in [1.29, 1.82) is 0 Å². The minimum absolute atomic E-state index is 0.0800. The van der Waals surface area contributed by atoms with E-state index in [9.17, 15) is 4.39 Å². The van der Waals surface area contributed by atoms with Gasteiger partial charge in [0.25, 0.3) is 0 Å². The van der Waals surface area contributed by atoms with Crippen LogP contribution in [0.5, 0.6) is 0 Å². The van der Waals surface area contributed by atoms with Gasteiger partial charge in [-0.15, -0.1) is 10.2 Å². The Kier molecular flexibility index (Phi) is 6.15. The minimum atomic E-state index is -0.197. The summed E-state index contributed by atoms with van der Waals surface area (Å²) in [5, 5.41) is 23.1. The van der Waals surface area contributed by atoms with Crippen LogP contribution in [-0.2, 0) is 6.54 Å². The molecule has 0 radical (unpaired) electrons. The number of hydrogen-bond donors (Lipinski definition) is 1. The summed E-state index contributed by atoms with van der Waals surface area (Å²) in [7, 11) is 0. The van der Waals surface area contributed by atoms with E-state index in [1.165, 1.54) is 11.3 Å². The summed E-state index contributed by atoms with van der Waals surface area (Å²) < 4.78 is 15.9. The maximum absolute atomic E-state index is 14.2. The van der Waals surface area contributed by atoms with Crippen molar-refractivity contribution in [2.75, 3.05) is 5.32 Å². The number of nitrogens with one attached hydrogen (secondary N) is 1. The molecule has 3 aromatic rings. The van der Waals surface area contributed by atoms with Gasteiger partial charge >= 0.3 is 0 Å². The Morgan fingerprint density at radius 3 is 2.96 bits per heavy atom. The SMILES string of the molecule is C=NN(/C=C\C)C(C)c1nnc(Nc2ccn(Cc3cccc(C)c3F)n2)s1. The highest BCUT2D eigenvalue weighted by molar-refractivity contribution is 7.15. The molecule has 0 spiro atoms. The first-order valence-corrected chi connectivity index (χ1v) is 9.59. The average molecular weight is 399 g/mol. The number of halogens is 1. The molecule has 3 rings (SSSR count). The number of hydrazone groups is 1. The number of allylic oxidation sites excluding steroid dienone is 1. The lowest BCUT2D eigenvalue weighted by atomic mass is 10.1. The second-order valence-electron chi connectivity index (χ2n) is 6.20. The third-order valence-corrected chi connectivity index (χ3v) is 5.15. The molecule has 0 aliphatic carbocycles. The molecule has 146 valence electrons. The van der Waals surface area contributed by atoms with E-state index in [4.69, 9.17) is 0 Å². The summed E-state index contributed by atoms with van der Waals surface area (Å²) in [5.74, 6) is 0.423. The fourth-order valence-corrected chi connectivity index (χ4v) is 3.44. The molecule has 2 aromatic heterocycles. The maximum Gasteiger partial charge on any atom is 0.211 e. The summed E-state index contributed by atoms with van der Waals surface area (Å²) in [5.41, 5.74) is 1.22. The highest BCUT2D eigenvalue weighted by Gasteiger charge is 2.17. The van der Waals surface area contributed by atoms with Gasteiger partial charge in [-0.05, 0) is 26.3 Å². The molecule has 0 aliphatic heterocycles. The fourth-order valence-electron chi connectivity index (χ4n) is 2.65. The fraction of sp³-hybridized carbons (Fsp3) is 0.263. The molecular weight excluding hydrogens is 377 g/mol. The van der Waals surface area contributed by atoms with Crippen LogP contribution in [0.2, 0.25) is 0 Å². The zero-order chi connectivity index (χ0) is 20.1. The molecule has 1 unspecified atom stereocenters. The predicted octanol–water partition coefficient (Wildman–Crippen LogP) is 4.49. The van der Waals surface area contributed by atoms with Crippen molar-refractivity contribution in [2.45, 2.75) is 33.4 Å². The maximum atomic E-state index is 14.2. The summed E-state index contributed by atoms with van der Waals surface area (Å²) in [6, 6.07) is 7.09. The van der Waals surface area contributed by atoms with Crippen LogP contribution in [-0.4, -0.2) is 31.7 Å². The van der Waals surface area contributed by atoms with Gasteiger partial charge in [0.2, 0.25) is 5.13 Å². The molecular formula is C19H22FN7S. The number of rotatable bonds is 8. The molecule has 2 heterocycles. The number of aromatic nitrogens is 4. The van der Waals surface area contributed by atoms with Gasteiger partial charge in [0.15, 0.2) is 5.82 Å². The lowest BCUT2D eigenvalue weighted by molar-refractivity contribution is 0.314. The zero-order valence-corrected chi connectivity index (χ0v) is 16.8. The molecule has 28 heavy (non-hydrogen) atoms. The van der Waals surface area contributed by atoms with Gasteiger partial charge in [-0.1, -0.05) is 35.6 Å². The van der Waals surface area contributed by atoms with Crippen LogP contribution in [0, 0.1) is 12.7 Å². The van der Waals surface area contributed by atoms with Crippen LogP contribution < -0.4 is 5.32 Å². The lowest BCUT2D eigenvalue weighted by Gasteiger charge is -2.19. The van der Waals surface area contributed by atoms with Gasteiger partial charge in [-0.2, -0.15) is 10.2 Å². The Labute approximate surface area is 167 Å². The normalized spacial score (nSPS) is 12.3. The van der Waals surface area contributed by atoms with E-state index in [1.807, 2.05) is 38.3 Å². The Balaban J connectivity index is 1.68. The number of nitrogens with zero attached hydrogens (tertiary/aromatic N) is 6. The Hall–Kier alpha value is -3.07. The molecule has 1 N–H and O–H groups in total. The number of aryl methyl sites for hydroxylation is 1. The quantitative estimate of drug-likeness (QED) is 0.446. The molecule has 0 saturated carbocycles. The van der Waals surface area contributed by atoms with Crippen LogP contribution in [0.4, 0.5) is 15.3 Å². The molecule has 9 heteroatoms. The third kappa shape index (κ3) is 4.42. The van der Waals surface area contributed by atoms with Gasteiger partial charge < -0.3 is 5.32 Å². The molecule has 0 amide bonds. The topological polar surface area (TPSA) is 71.2 Å². The average Bonchev–Trinajstić information content (AvgIpc) is 3.33. The van der Waals surface area contributed by atoms with E-state index in [2.05, 4.69) is 32.4 Å². The molecule has 0 saturated heterocycles.